The second kappa shape index (κ2) is 8.57. The Labute approximate surface area is 179 Å². The number of hydrazine groups is 2. The van der Waals surface area contributed by atoms with Gasteiger partial charge in [-0.15, -0.1) is 22.4 Å². The van der Waals surface area contributed by atoms with Crippen molar-refractivity contribution in [3.05, 3.63) is 11.3 Å². The molecule has 0 spiro atoms. The van der Waals surface area contributed by atoms with E-state index in [1.54, 1.807) is 0 Å². The van der Waals surface area contributed by atoms with E-state index >= 15 is 0 Å². The fourth-order valence-corrected chi connectivity index (χ4v) is 4.95. The van der Waals surface area contributed by atoms with E-state index in [4.69, 9.17) is 0 Å². The average Bonchev–Trinajstić information content (AvgIpc) is 3.05. The van der Waals surface area contributed by atoms with Gasteiger partial charge in [0.1, 0.15) is 11.1 Å². The van der Waals surface area contributed by atoms with Crippen molar-refractivity contribution in [2.24, 2.45) is 5.10 Å². The van der Waals surface area contributed by atoms with Crippen molar-refractivity contribution < 1.29 is 62.9 Å². The largest absolute Gasteiger partial charge is 1.00 e. The number of nitrogens with zero attached hydrogens (tertiary/aromatic N) is 3. The van der Waals surface area contributed by atoms with E-state index < -0.39 is 39.7 Å². The molecule has 136 valence electrons. The van der Waals surface area contributed by atoms with Crippen LogP contribution in [0.1, 0.15) is 0 Å². The van der Waals surface area contributed by atoms with E-state index in [9.17, 15) is 33.4 Å². The minimum Gasteiger partial charge on any atom is -0.765 e. The molecule has 3 rings (SSSR count). The Morgan fingerprint density at radius 3 is 2.81 bits per heavy atom. The summed E-state index contributed by atoms with van der Waals surface area (Å²) in [5, 5.41) is 21.4. The molecule has 3 heterocycles. The van der Waals surface area contributed by atoms with Gasteiger partial charge in [-0.25, -0.2) is 10.3 Å². The first-order chi connectivity index (χ1) is 11.8. The van der Waals surface area contributed by atoms with Gasteiger partial charge in [0.25, 0.3) is 5.91 Å². The number of rotatable bonds is 3. The summed E-state index contributed by atoms with van der Waals surface area (Å²) in [6, 6.07) is 0. The molecule has 0 saturated carbocycles. The number of carbonyl (C=O) groups excluding carboxylic acids is 2. The number of aliphatic hydroxyl groups is 1. The molecule has 3 aliphatic heterocycles. The van der Waals surface area contributed by atoms with Crippen LogP contribution in [-0.4, -0.2) is 74.2 Å². The van der Waals surface area contributed by atoms with Crippen molar-refractivity contribution in [1.29, 1.82) is 0 Å². The summed E-state index contributed by atoms with van der Waals surface area (Å²) >= 11 is -0.869. The number of carboxylic acid groups (broad SMARTS) is 1. The SMILES string of the molecule is O=C(O)C1=C(CSC2=NNNN2C(=O)S(=O)[O-])CSC2C(O)C(=O)N12.[Na+]. The van der Waals surface area contributed by atoms with Crippen LogP contribution in [0.15, 0.2) is 16.4 Å². The van der Waals surface area contributed by atoms with Crippen molar-refractivity contribution in [1.82, 2.24) is 21.0 Å². The molecule has 3 aliphatic rings. The summed E-state index contributed by atoms with van der Waals surface area (Å²) in [5.74, 6) is -1.68. The van der Waals surface area contributed by atoms with Crippen LogP contribution in [-0.2, 0) is 20.7 Å². The molecular formula is C10H10N5NaO7S3. The standard InChI is InChI=1S/C10H11N5O7S3.Na/c16-5-6(17)14-4(8(18)19)3(1-23-7(5)14)2-24-9-11-12-13-15(9)10(20)25(21)22;/h5,7,12-13,16H,1-2H2,(H,18,19)(H,21,22);/q;+1/p-1. The Morgan fingerprint density at radius 2 is 2.19 bits per heavy atom. The number of amides is 2. The fourth-order valence-electron chi connectivity index (χ4n) is 2.31. The van der Waals surface area contributed by atoms with Gasteiger partial charge < -0.3 is 14.8 Å². The van der Waals surface area contributed by atoms with Gasteiger partial charge in [-0.3, -0.25) is 18.7 Å². The molecule has 0 radical (unpaired) electrons. The maximum absolute atomic E-state index is 11.7. The van der Waals surface area contributed by atoms with E-state index in [1.807, 2.05) is 0 Å². The summed E-state index contributed by atoms with van der Waals surface area (Å²) in [6.45, 7) is 0. The summed E-state index contributed by atoms with van der Waals surface area (Å²) in [4.78, 5) is 35.8. The number of carbonyl (C=O) groups is 3. The van der Waals surface area contributed by atoms with Crippen LogP contribution >= 0.6 is 23.5 Å². The minimum atomic E-state index is -3.00. The Morgan fingerprint density at radius 1 is 1.50 bits per heavy atom. The molecule has 4 N–H and O–H groups in total. The van der Waals surface area contributed by atoms with Gasteiger partial charge in [0.2, 0.25) is 5.17 Å². The summed E-state index contributed by atoms with van der Waals surface area (Å²) in [5.41, 5.74) is 4.64. The Kier molecular flexibility index (Phi) is 7.14. The summed E-state index contributed by atoms with van der Waals surface area (Å²) in [6.07, 6.45) is -1.22. The fraction of sp³-hybridized carbons (Fsp3) is 0.400. The van der Waals surface area contributed by atoms with Crippen LogP contribution in [0, 0.1) is 0 Å². The smallest absolute Gasteiger partial charge is 0.765 e. The van der Waals surface area contributed by atoms with Crippen LogP contribution in [0.4, 0.5) is 4.79 Å². The van der Waals surface area contributed by atoms with Crippen molar-refractivity contribution >= 4 is 56.9 Å². The number of aliphatic carboxylic acids is 1. The predicted molar refractivity (Wildman–Crippen MR) is 86.1 cm³/mol. The van der Waals surface area contributed by atoms with Crippen molar-refractivity contribution in [2.45, 2.75) is 11.5 Å². The van der Waals surface area contributed by atoms with Gasteiger partial charge in [0.15, 0.2) is 6.10 Å². The number of β-lactam (4-membered cyclic amide) rings is 1. The molecule has 0 aliphatic carbocycles. The minimum absolute atomic E-state index is 0. The van der Waals surface area contributed by atoms with Crippen LogP contribution in [0.5, 0.6) is 0 Å². The van der Waals surface area contributed by atoms with Crippen molar-refractivity contribution in [2.75, 3.05) is 11.5 Å². The van der Waals surface area contributed by atoms with Gasteiger partial charge >= 0.3 is 40.8 Å². The third-order valence-corrected chi connectivity index (χ3v) is 6.24. The molecule has 26 heavy (non-hydrogen) atoms. The van der Waals surface area contributed by atoms with Crippen LogP contribution in [0.25, 0.3) is 0 Å². The maximum Gasteiger partial charge on any atom is 1.00 e. The predicted octanol–water partition coefficient (Wildman–Crippen LogP) is -5.07. The zero-order valence-corrected chi connectivity index (χ0v) is 17.5. The molecular weight excluding hydrogens is 421 g/mol. The van der Waals surface area contributed by atoms with Gasteiger partial charge in [0.05, 0.1) is 0 Å². The summed E-state index contributed by atoms with van der Waals surface area (Å²) in [7, 11) is 0. The number of aliphatic hydroxyl groups excluding tert-OH is 1. The van der Waals surface area contributed by atoms with Gasteiger partial charge in [-0.2, -0.15) is 5.01 Å². The molecule has 0 aromatic heterocycles. The van der Waals surface area contributed by atoms with Gasteiger partial charge in [-0.1, -0.05) is 11.8 Å². The van der Waals surface area contributed by atoms with Crippen LogP contribution in [0.2, 0.25) is 0 Å². The number of amidine groups is 1. The average molecular weight is 431 g/mol. The van der Waals surface area contributed by atoms with Crippen LogP contribution < -0.4 is 40.6 Å². The van der Waals surface area contributed by atoms with Gasteiger partial charge in [0, 0.05) is 22.6 Å². The molecule has 2 amide bonds. The third kappa shape index (κ3) is 3.81. The van der Waals surface area contributed by atoms with E-state index in [2.05, 4.69) is 16.2 Å². The second-order valence-corrected chi connectivity index (χ2v) is 7.72. The molecule has 3 unspecified atom stereocenters. The van der Waals surface area contributed by atoms with E-state index in [0.717, 1.165) is 16.7 Å². The number of hydrogen-bond acceptors (Lipinski definition) is 11. The number of hydrogen-bond donors (Lipinski definition) is 4. The number of carboxylic acids is 1. The Bertz CT molecular complexity index is 747. The molecule has 16 heteroatoms. The molecule has 0 aromatic carbocycles. The molecule has 1 saturated heterocycles. The van der Waals surface area contributed by atoms with Crippen LogP contribution in [0.3, 0.4) is 0 Å². The second-order valence-electron chi connectivity index (χ2n) is 4.85. The third-order valence-electron chi connectivity index (χ3n) is 3.43. The number of thioether (sulfide) groups is 2. The van der Waals surface area contributed by atoms with E-state index in [0.29, 0.717) is 10.6 Å². The topological polar surface area (TPSA) is 175 Å². The number of hydrazone groups is 1. The number of fused-ring (bicyclic) bond motifs is 1. The maximum atomic E-state index is 11.7. The van der Waals surface area contributed by atoms with Crippen molar-refractivity contribution in [3.63, 3.8) is 0 Å². The summed E-state index contributed by atoms with van der Waals surface area (Å²) < 4.78 is 21.5. The van der Waals surface area contributed by atoms with Gasteiger partial charge in [-0.05, 0) is 5.57 Å². The number of nitrogens with one attached hydrogen (secondary N) is 2. The molecule has 12 nitrogen and oxygen atoms in total. The monoisotopic (exact) mass is 431 g/mol. The molecule has 0 bridgehead atoms. The zero-order valence-electron chi connectivity index (χ0n) is 13.1. The first-order valence-electron chi connectivity index (χ1n) is 6.55. The quantitative estimate of drug-likeness (QED) is 0.191. The molecule has 0 aromatic rings. The Balaban J connectivity index is 0.00000243. The Hall–Kier alpha value is -0.650. The zero-order chi connectivity index (χ0) is 18.3. The normalized spacial score (nSPS) is 25.6. The molecule has 3 atom stereocenters. The first-order valence-corrected chi connectivity index (χ1v) is 9.66. The first kappa shape index (κ1) is 21.6. The molecule has 1 fully saturated rings. The van der Waals surface area contributed by atoms with E-state index in [-0.39, 0.29) is 51.9 Å². The van der Waals surface area contributed by atoms with E-state index in [1.165, 1.54) is 11.8 Å². The van der Waals surface area contributed by atoms with Crippen molar-refractivity contribution in [3.8, 4) is 0 Å².